The molecule has 1 aliphatic carbocycles. The van der Waals surface area contributed by atoms with Gasteiger partial charge in [-0.05, 0) is 42.4 Å². The summed E-state index contributed by atoms with van der Waals surface area (Å²) in [6.45, 7) is 0. The summed E-state index contributed by atoms with van der Waals surface area (Å²) in [5.74, 6) is 0.829. The van der Waals surface area contributed by atoms with E-state index in [4.69, 9.17) is 4.98 Å². The van der Waals surface area contributed by atoms with E-state index < -0.39 is 0 Å². The third-order valence-corrected chi connectivity index (χ3v) is 5.91. The summed E-state index contributed by atoms with van der Waals surface area (Å²) in [6.07, 6.45) is 4.34. The number of hydrogen-bond acceptors (Lipinski definition) is 3. The maximum atomic E-state index is 9.83. The van der Waals surface area contributed by atoms with E-state index in [1.807, 2.05) is 12.1 Å². The second kappa shape index (κ2) is 7.76. The van der Waals surface area contributed by atoms with Crippen LogP contribution in [0.1, 0.15) is 35.1 Å². The van der Waals surface area contributed by atoms with Crippen LogP contribution >= 0.6 is 11.8 Å². The van der Waals surface area contributed by atoms with Crippen LogP contribution in [-0.4, -0.2) is 4.98 Å². The zero-order valence-corrected chi connectivity index (χ0v) is 15.4. The van der Waals surface area contributed by atoms with Crippen molar-refractivity contribution in [1.29, 1.82) is 5.26 Å². The molecule has 0 amide bonds. The van der Waals surface area contributed by atoms with Crippen LogP contribution in [0.2, 0.25) is 0 Å². The number of nitriles is 1. The first kappa shape index (κ1) is 16.9. The molecule has 0 fully saturated rings. The van der Waals surface area contributed by atoms with E-state index in [1.54, 1.807) is 11.8 Å². The quantitative estimate of drug-likeness (QED) is 0.555. The van der Waals surface area contributed by atoms with Gasteiger partial charge in [0.2, 0.25) is 0 Å². The number of benzene rings is 2. The summed E-state index contributed by atoms with van der Waals surface area (Å²) in [5.41, 5.74) is 6.76. The summed E-state index contributed by atoms with van der Waals surface area (Å²) in [5, 5.41) is 10.7. The molecule has 0 saturated carbocycles. The second-order valence-electron chi connectivity index (χ2n) is 6.56. The van der Waals surface area contributed by atoms with Crippen molar-refractivity contribution in [2.75, 3.05) is 0 Å². The Morgan fingerprint density at radius 3 is 2.23 bits per heavy atom. The van der Waals surface area contributed by atoms with Gasteiger partial charge < -0.3 is 0 Å². The fourth-order valence-electron chi connectivity index (χ4n) is 3.58. The molecule has 0 aliphatic heterocycles. The molecule has 0 atom stereocenters. The molecule has 3 aromatic rings. The lowest BCUT2D eigenvalue weighted by atomic mass is 9.86. The molecule has 0 bridgehead atoms. The Labute approximate surface area is 158 Å². The van der Waals surface area contributed by atoms with E-state index in [-0.39, 0.29) is 0 Å². The maximum absolute atomic E-state index is 9.83. The zero-order chi connectivity index (χ0) is 17.8. The Balaban J connectivity index is 1.79. The minimum absolute atomic E-state index is 0.792. The molecule has 1 aliphatic rings. The smallest absolute Gasteiger partial charge is 0.115 e. The van der Waals surface area contributed by atoms with Gasteiger partial charge >= 0.3 is 0 Å². The van der Waals surface area contributed by atoms with E-state index in [2.05, 4.69) is 54.6 Å². The van der Waals surface area contributed by atoms with Crippen LogP contribution in [0.4, 0.5) is 0 Å². The topological polar surface area (TPSA) is 36.7 Å². The van der Waals surface area contributed by atoms with Crippen LogP contribution in [-0.2, 0) is 18.6 Å². The highest BCUT2D eigenvalue weighted by atomic mass is 32.2. The van der Waals surface area contributed by atoms with Gasteiger partial charge in [-0.2, -0.15) is 5.26 Å². The van der Waals surface area contributed by atoms with E-state index >= 15 is 0 Å². The van der Waals surface area contributed by atoms with Gasteiger partial charge in [0.25, 0.3) is 0 Å². The minimum Gasteiger partial charge on any atom is -0.240 e. The predicted octanol–water partition coefficient (Wildman–Crippen LogP) is 5.79. The molecular formula is C23H20N2S. The van der Waals surface area contributed by atoms with Crippen molar-refractivity contribution in [2.45, 2.75) is 36.5 Å². The van der Waals surface area contributed by atoms with Crippen molar-refractivity contribution >= 4 is 11.8 Å². The van der Waals surface area contributed by atoms with Crippen LogP contribution in [0.3, 0.4) is 0 Å². The highest BCUT2D eigenvalue weighted by Crippen LogP contribution is 2.37. The molecule has 0 N–H and O–H groups in total. The summed E-state index contributed by atoms with van der Waals surface area (Å²) < 4.78 is 0. The molecule has 128 valence electrons. The van der Waals surface area contributed by atoms with Crippen LogP contribution in [0.15, 0.2) is 65.7 Å². The highest BCUT2D eigenvalue weighted by molar-refractivity contribution is 7.98. The molecule has 1 aromatic heterocycles. The van der Waals surface area contributed by atoms with Crippen molar-refractivity contribution in [3.63, 3.8) is 0 Å². The average molecular weight is 356 g/mol. The first-order chi connectivity index (χ1) is 12.9. The monoisotopic (exact) mass is 356 g/mol. The Bertz CT molecular complexity index is 943. The normalized spacial score (nSPS) is 13.0. The van der Waals surface area contributed by atoms with Gasteiger partial charge in [0.1, 0.15) is 11.1 Å². The number of aromatic nitrogens is 1. The Hall–Kier alpha value is -2.57. The zero-order valence-electron chi connectivity index (χ0n) is 14.6. The molecule has 2 aromatic carbocycles. The summed E-state index contributed by atoms with van der Waals surface area (Å²) in [6, 6.07) is 23.2. The number of nitrogens with zero attached hydrogens (tertiary/aromatic N) is 2. The third kappa shape index (κ3) is 3.38. The molecule has 0 radical (unpaired) electrons. The molecule has 26 heavy (non-hydrogen) atoms. The minimum atomic E-state index is 0.792. The molecule has 0 unspecified atom stereocenters. The van der Waals surface area contributed by atoms with E-state index in [9.17, 15) is 5.26 Å². The largest absolute Gasteiger partial charge is 0.240 e. The van der Waals surface area contributed by atoms with Crippen LogP contribution in [0.25, 0.3) is 11.3 Å². The van der Waals surface area contributed by atoms with Gasteiger partial charge in [-0.3, -0.25) is 0 Å². The second-order valence-corrected chi connectivity index (χ2v) is 7.52. The van der Waals surface area contributed by atoms with Crippen molar-refractivity contribution in [3.8, 4) is 17.3 Å². The predicted molar refractivity (Wildman–Crippen MR) is 107 cm³/mol. The number of pyridine rings is 1. The lowest BCUT2D eigenvalue weighted by molar-refractivity contribution is 0.677. The first-order valence-corrected chi connectivity index (χ1v) is 10.0. The summed E-state index contributed by atoms with van der Waals surface area (Å²) >= 11 is 1.67. The molecule has 4 rings (SSSR count). The van der Waals surface area contributed by atoms with E-state index in [1.165, 1.54) is 23.1 Å². The number of thioether (sulfide) groups is 1. The standard InChI is InChI=1S/C23H20N2S/c24-15-21-19-13-7-8-14-20(19)22(18-11-5-2-6-12-18)25-23(21)26-16-17-9-3-1-4-10-17/h1-6,9-12H,7-8,13-14,16H2. The number of rotatable bonds is 4. The first-order valence-electron chi connectivity index (χ1n) is 9.05. The lowest BCUT2D eigenvalue weighted by Crippen LogP contribution is -2.10. The summed E-state index contributed by atoms with van der Waals surface area (Å²) in [7, 11) is 0. The maximum Gasteiger partial charge on any atom is 0.115 e. The Morgan fingerprint density at radius 2 is 1.54 bits per heavy atom. The van der Waals surface area contributed by atoms with Gasteiger partial charge in [0.05, 0.1) is 11.3 Å². The molecule has 3 heteroatoms. The molecule has 1 heterocycles. The van der Waals surface area contributed by atoms with Gasteiger partial charge in [-0.1, -0.05) is 60.7 Å². The fourth-order valence-corrected chi connectivity index (χ4v) is 4.54. The molecule has 0 spiro atoms. The Kier molecular flexibility index (Phi) is 5.04. The van der Waals surface area contributed by atoms with Gasteiger partial charge in [0.15, 0.2) is 0 Å². The number of fused-ring (bicyclic) bond motifs is 1. The van der Waals surface area contributed by atoms with Crippen molar-refractivity contribution in [3.05, 3.63) is 82.9 Å². The van der Waals surface area contributed by atoms with Crippen LogP contribution in [0, 0.1) is 11.3 Å². The summed E-state index contributed by atoms with van der Waals surface area (Å²) in [4.78, 5) is 4.98. The van der Waals surface area contributed by atoms with E-state index in [0.29, 0.717) is 0 Å². The lowest BCUT2D eigenvalue weighted by Gasteiger charge is -2.22. The molecule has 0 saturated heterocycles. The van der Waals surface area contributed by atoms with Gasteiger partial charge in [0, 0.05) is 11.3 Å². The Morgan fingerprint density at radius 1 is 0.885 bits per heavy atom. The van der Waals surface area contributed by atoms with Crippen molar-refractivity contribution in [1.82, 2.24) is 4.98 Å². The van der Waals surface area contributed by atoms with Crippen molar-refractivity contribution in [2.24, 2.45) is 0 Å². The van der Waals surface area contributed by atoms with Crippen LogP contribution < -0.4 is 0 Å². The van der Waals surface area contributed by atoms with E-state index in [0.717, 1.165) is 46.9 Å². The fraction of sp³-hybridized carbons (Fsp3) is 0.217. The number of hydrogen-bond donors (Lipinski definition) is 0. The average Bonchev–Trinajstić information content (AvgIpc) is 2.72. The highest BCUT2D eigenvalue weighted by Gasteiger charge is 2.23. The van der Waals surface area contributed by atoms with Crippen LogP contribution in [0.5, 0.6) is 0 Å². The SMILES string of the molecule is N#Cc1c(SCc2ccccc2)nc(-c2ccccc2)c2c1CCCC2. The van der Waals surface area contributed by atoms with Crippen molar-refractivity contribution < 1.29 is 0 Å². The van der Waals surface area contributed by atoms with Gasteiger partial charge in [-0.15, -0.1) is 11.8 Å². The van der Waals surface area contributed by atoms with Gasteiger partial charge in [-0.25, -0.2) is 4.98 Å². The molecular weight excluding hydrogens is 336 g/mol. The third-order valence-electron chi connectivity index (χ3n) is 4.86. The molecule has 2 nitrogen and oxygen atoms in total.